The topological polar surface area (TPSA) is 40.5 Å². The van der Waals surface area contributed by atoms with E-state index in [0.29, 0.717) is 10.5 Å². The van der Waals surface area contributed by atoms with Gasteiger partial charge in [-0.25, -0.2) is 0 Å². The second-order valence-corrected chi connectivity index (χ2v) is 4.62. The zero-order valence-corrected chi connectivity index (χ0v) is 10.2. The van der Waals surface area contributed by atoms with Crippen LogP contribution < -0.4 is 5.46 Å². The van der Waals surface area contributed by atoms with Crippen LogP contribution in [0.25, 0.3) is 10.8 Å². The van der Waals surface area contributed by atoms with E-state index in [4.69, 9.17) is 11.6 Å². The van der Waals surface area contributed by atoms with Gasteiger partial charge in [0, 0.05) is 10.4 Å². The Morgan fingerprint density at radius 2 is 1.94 bits per heavy atom. The molecule has 0 aliphatic heterocycles. The summed E-state index contributed by atoms with van der Waals surface area (Å²) in [7, 11) is -1.51. The van der Waals surface area contributed by atoms with Crippen LogP contribution >= 0.6 is 23.4 Å². The Morgan fingerprint density at radius 1 is 1.25 bits per heavy atom. The van der Waals surface area contributed by atoms with Gasteiger partial charge in [0.15, 0.2) is 0 Å². The van der Waals surface area contributed by atoms with E-state index in [1.165, 1.54) is 11.8 Å². The number of hydrogen-bond acceptors (Lipinski definition) is 3. The van der Waals surface area contributed by atoms with E-state index in [0.717, 1.165) is 15.7 Å². The minimum atomic E-state index is -1.51. The molecule has 0 amide bonds. The number of benzene rings is 2. The van der Waals surface area contributed by atoms with Gasteiger partial charge in [-0.3, -0.25) is 0 Å². The summed E-state index contributed by atoms with van der Waals surface area (Å²) in [6.07, 6.45) is 1.86. The summed E-state index contributed by atoms with van der Waals surface area (Å²) in [5, 5.41) is 21.2. The maximum atomic E-state index is 9.44. The third-order valence-electron chi connectivity index (χ3n) is 2.46. The molecule has 0 atom stereocenters. The van der Waals surface area contributed by atoms with E-state index in [9.17, 15) is 10.0 Å². The molecule has 5 heteroatoms. The van der Waals surface area contributed by atoms with Crippen molar-refractivity contribution in [3.8, 4) is 0 Å². The first-order chi connectivity index (χ1) is 7.65. The number of hydrogen-bond donors (Lipinski definition) is 2. The van der Waals surface area contributed by atoms with Gasteiger partial charge in [0.2, 0.25) is 0 Å². The van der Waals surface area contributed by atoms with Crippen LogP contribution in [0.2, 0.25) is 5.02 Å². The van der Waals surface area contributed by atoms with Crippen molar-refractivity contribution in [2.75, 3.05) is 6.26 Å². The number of rotatable bonds is 2. The van der Waals surface area contributed by atoms with E-state index >= 15 is 0 Å². The van der Waals surface area contributed by atoms with Crippen LogP contribution in [0.15, 0.2) is 35.2 Å². The minimum Gasteiger partial charge on any atom is -0.423 e. The summed E-state index contributed by atoms with van der Waals surface area (Å²) < 4.78 is 0. The van der Waals surface area contributed by atoms with Crippen LogP contribution in [0.5, 0.6) is 0 Å². The third kappa shape index (κ3) is 1.94. The van der Waals surface area contributed by atoms with Gasteiger partial charge in [0.05, 0.1) is 5.02 Å². The van der Waals surface area contributed by atoms with Crippen LogP contribution in [0.4, 0.5) is 0 Å². The molecule has 0 radical (unpaired) electrons. The maximum Gasteiger partial charge on any atom is 0.490 e. The molecule has 0 saturated heterocycles. The zero-order valence-electron chi connectivity index (χ0n) is 8.64. The van der Waals surface area contributed by atoms with Crippen LogP contribution in [-0.4, -0.2) is 23.4 Å². The monoisotopic (exact) mass is 252 g/mol. The second-order valence-electron chi connectivity index (χ2n) is 3.40. The lowest BCUT2D eigenvalue weighted by molar-refractivity contribution is 0.425. The van der Waals surface area contributed by atoms with Crippen molar-refractivity contribution in [3.63, 3.8) is 0 Å². The molecule has 2 aromatic carbocycles. The van der Waals surface area contributed by atoms with Crippen LogP contribution in [-0.2, 0) is 0 Å². The molecule has 0 aliphatic rings. The first-order valence-corrected chi connectivity index (χ1v) is 6.36. The summed E-state index contributed by atoms with van der Waals surface area (Å²) >= 11 is 7.52. The molecule has 2 N–H and O–H groups in total. The van der Waals surface area contributed by atoms with Gasteiger partial charge in [-0.15, -0.1) is 11.8 Å². The first-order valence-electron chi connectivity index (χ1n) is 4.76. The Morgan fingerprint density at radius 3 is 2.56 bits per heavy atom. The van der Waals surface area contributed by atoms with Crippen molar-refractivity contribution in [2.24, 2.45) is 0 Å². The van der Waals surface area contributed by atoms with E-state index in [2.05, 4.69) is 0 Å². The predicted molar refractivity (Wildman–Crippen MR) is 70.6 cm³/mol. The molecule has 0 fully saturated rings. The largest absolute Gasteiger partial charge is 0.490 e. The normalized spacial score (nSPS) is 10.8. The molecule has 2 rings (SSSR count). The van der Waals surface area contributed by atoms with Gasteiger partial charge in [0.25, 0.3) is 0 Å². The van der Waals surface area contributed by atoms with Gasteiger partial charge in [-0.05, 0) is 23.1 Å². The molecular formula is C11H10BClO2S. The fraction of sp³-hybridized carbons (Fsp3) is 0.0909. The summed E-state index contributed by atoms with van der Waals surface area (Å²) in [5.41, 5.74) is 0.482. The average Bonchev–Trinajstić information content (AvgIpc) is 2.26. The predicted octanol–water partition coefficient (Wildman–Crippen LogP) is 1.89. The molecule has 0 heterocycles. The zero-order chi connectivity index (χ0) is 11.7. The van der Waals surface area contributed by atoms with Crippen molar-refractivity contribution in [1.82, 2.24) is 0 Å². The van der Waals surface area contributed by atoms with Crippen molar-refractivity contribution >= 4 is 46.7 Å². The highest BCUT2D eigenvalue weighted by Crippen LogP contribution is 2.28. The third-order valence-corrected chi connectivity index (χ3v) is 3.72. The highest BCUT2D eigenvalue weighted by molar-refractivity contribution is 7.99. The Kier molecular flexibility index (Phi) is 3.45. The first kappa shape index (κ1) is 11.8. The smallest absolute Gasteiger partial charge is 0.423 e. The fourth-order valence-corrected chi connectivity index (χ4v) is 2.92. The Balaban J connectivity index is 2.87. The lowest BCUT2D eigenvalue weighted by atomic mass is 9.77. The molecule has 0 unspecified atom stereocenters. The van der Waals surface area contributed by atoms with Crippen molar-refractivity contribution < 1.29 is 10.0 Å². The van der Waals surface area contributed by atoms with Crippen molar-refractivity contribution in [2.45, 2.75) is 4.90 Å². The molecule has 2 nitrogen and oxygen atoms in total. The summed E-state index contributed by atoms with van der Waals surface area (Å²) in [6.45, 7) is 0. The molecule has 0 aliphatic carbocycles. The van der Waals surface area contributed by atoms with Crippen molar-refractivity contribution in [1.29, 1.82) is 0 Å². The molecule has 0 aromatic heterocycles. The van der Waals surface area contributed by atoms with Gasteiger partial charge in [0.1, 0.15) is 0 Å². The van der Waals surface area contributed by atoms with E-state index in [1.807, 2.05) is 36.6 Å². The van der Waals surface area contributed by atoms with E-state index in [-0.39, 0.29) is 0 Å². The number of thioether (sulfide) groups is 1. The van der Waals surface area contributed by atoms with E-state index in [1.54, 1.807) is 0 Å². The summed E-state index contributed by atoms with van der Waals surface area (Å²) in [5.74, 6) is 0. The SMILES string of the molecule is CSc1c(Cl)cc2ccccc2c1B(O)O. The average molecular weight is 253 g/mol. The van der Waals surface area contributed by atoms with Crippen LogP contribution in [0.1, 0.15) is 0 Å². The molecule has 0 spiro atoms. The molecule has 82 valence electrons. The number of fused-ring (bicyclic) bond motifs is 1. The van der Waals surface area contributed by atoms with Crippen LogP contribution in [0.3, 0.4) is 0 Å². The quantitative estimate of drug-likeness (QED) is 0.633. The Bertz CT molecular complexity index is 531. The molecule has 2 aromatic rings. The lowest BCUT2D eigenvalue weighted by Gasteiger charge is -2.12. The molecule has 0 saturated carbocycles. The lowest BCUT2D eigenvalue weighted by Crippen LogP contribution is -2.32. The van der Waals surface area contributed by atoms with Crippen LogP contribution in [0, 0.1) is 0 Å². The standard InChI is InChI=1S/C11H10BClO2S/c1-16-11-9(13)6-7-4-2-3-5-8(7)10(11)12(14)15/h2-6,14-15H,1H3. The fourth-order valence-electron chi connectivity index (χ4n) is 1.78. The minimum absolute atomic E-state index is 0.482. The van der Waals surface area contributed by atoms with Gasteiger partial charge >= 0.3 is 7.12 Å². The highest BCUT2D eigenvalue weighted by Gasteiger charge is 2.21. The second kappa shape index (κ2) is 4.68. The highest BCUT2D eigenvalue weighted by atomic mass is 35.5. The Hall–Kier alpha value is -0.675. The maximum absolute atomic E-state index is 9.44. The Labute approximate surface area is 103 Å². The van der Waals surface area contributed by atoms with Gasteiger partial charge in [-0.2, -0.15) is 0 Å². The number of halogens is 1. The molecule has 16 heavy (non-hydrogen) atoms. The van der Waals surface area contributed by atoms with E-state index < -0.39 is 7.12 Å². The summed E-state index contributed by atoms with van der Waals surface area (Å²) in [4.78, 5) is 0.718. The van der Waals surface area contributed by atoms with Gasteiger partial charge in [-0.1, -0.05) is 35.9 Å². The van der Waals surface area contributed by atoms with Crippen molar-refractivity contribution in [3.05, 3.63) is 35.4 Å². The van der Waals surface area contributed by atoms with Gasteiger partial charge < -0.3 is 10.0 Å². The molecular weight excluding hydrogens is 242 g/mol. The summed E-state index contributed by atoms with van der Waals surface area (Å²) in [6, 6.07) is 9.36. The molecule has 0 bridgehead atoms.